The average Bonchev–Trinajstić information content (AvgIpc) is 2.98. The zero-order valence-corrected chi connectivity index (χ0v) is 13.0. The van der Waals surface area contributed by atoms with Crippen LogP contribution in [0.4, 0.5) is 0 Å². The SMILES string of the molecule is CCCCC1NC(C)N(C2CCN3CCCCC23)C1=O. The normalized spacial score (nSPS) is 38.5. The molecule has 3 aliphatic rings. The van der Waals surface area contributed by atoms with Crippen LogP contribution in [0.5, 0.6) is 0 Å². The fourth-order valence-electron chi connectivity index (χ4n) is 4.42. The van der Waals surface area contributed by atoms with Crippen LogP contribution in [0.15, 0.2) is 0 Å². The maximum absolute atomic E-state index is 12.7. The smallest absolute Gasteiger partial charge is 0.241 e. The second kappa shape index (κ2) is 6.02. The van der Waals surface area contributed by atoms with E-state index in [1.54, 1.807) is 0 Å². The monoisotopic (exact) mass is 279 g/mol. The molecule has 0 aliphatic carbocycles. The molecule has 4 unspecified atom stereocenters. The van der Waals surface area contributed by atoms with Gasteiger partial charge in [0.05, 0.1) is 18.2 Å². The van der Waals surface area contributed by atoms with E-state index in [2.05, 4.69) is 29.0 Å². The van der Waals surface area contributed by atoms with Crippen molar-refractivity contribution >= 4 is 5.91 Å². The van der Waals surface area contributed by atoms with E-state index < -0.39 is 0 Å². The van der Waals surface area contributed by atoms with Crippen LogP contribution in [0.3, 0.4) is 0 Å². The molecule has 3 saturated heterocycles. The first-order valence-corrected chi connectivity index (χ1v) is 8.54. The van der Waals surface area contributed by atoms with Crippen LogP contribution in [-0.2, 0) is 4.79 Å². The number of amides is 1. The molecule has 0 bridgehead atoms. The highest BCUT2D eigenvalue weighted by Gasteiger charge is 2.46. The van der Waals surface area contributed by atoms with Gasteiger partial charge in [0.25, 0.3) is 0 Å². The quantitative estimate of drug-likeness (QED) is 0.854. The van der Waals surface area contributed by atoms with Gasteiger partial charge in [-0.15, -0.1) is 0 Å². The molecule has 114 valence electrons. The van der Waals surface area contributed by atoms with Crippen molar-refractivity contribution in [3.05, 3.63) is 0 Å². The Labute approximate surface area is 122 Å². The summed E-state index contributed by atoms with van der Waals surface area (Å²) in [6.45, 7) is 6.78. The Bertz CT molecular complexity index is 360. The van der Waals surface area contributed by atoms with Crippen molar-refractivity contribution < 1.29 is 4.79 Å². The van der Waals surface area contributed by atoms with E-state index >= 15 is 0 Å². The number of nitrogens with zero attached hydrogens (tertiary/aromatic N) is 2. The first-order valence-electron chi connectivity index (χ1n) is 8.54. The molecule has 0 aromatic heterocycles. The van der Waals surface area contributed by atoms with E-state index in [1.165, 1.54) is 45.2 Å². The first-order chi connectivity index (χ1) is 9.72. The lowest BCUT2D eigenvalue weighted by Gasteiger charge is -2.37. The Hall–Kier alpha value is -0.610. The molecule has 0 radical (unpaired) electrons. The molecular weight excluding hydrogens is 250 g/mol. The number of hydrogen-bond donors (Lipinski definition) is 1. The lowest BCUT2D eigenvalue weighted by molar-refractivity contribution is -0.132. The largest absolute Gasteiger partial charge is 0.321 e. The minimum atomic E-state index is 0.0718. The summed E-state index contributed by atoms with van der Waals surface area (Å²) in [5.41, 5.74) is 0. The van der Waals surface area contributed by atoms with Gasteiger partial charge in [0.15, 0.2) is 0 Å². The third-order valence-corrected chi connectivity index (χ3v) is 5.44. The Kier molecular flexibility index (Phi) is 4.32. The Morgan fingerprint density at radius 1 is 1.20 bits per heavy atom. The number of carbonyl (C=O) groups is 1. The zero-order valence-electron chi connectivity index (χ0n) is 13.0. The van der Waals surface area contributed by atoms with Crippen molar-refractivity contribution in [3.63, 3.8) is 0 Å². The minimum Gasteiger partial charge on any atom is -0.321 e. The van der Waals surface area contributed by atoms with Crippen LogP contribution in [0.1, 0.15) is 58.8 Å². The molecule has 0 aromatic carbocycles. The minimum absolute atomic E-state index is 0.0718. The van der Waals surface area contributed by atoms with Crippen molar-refractivity contribution in [3.8, 4) is 0 Å². The summed E-state index contributed by atoms with van der Waals surface area (Å²) in [4.78, 5) is 17.5. The van der Waals surface area contributed by atoms with E-state index in [1.807, 2.05) is 0 Å². The summed E-state index contributed by atoms with van der Waals surface area (Å²) in [5, 5.41) is 3.52. The lowest BCUT2D eigenvalue weighted by Crippen LogP contribution is -2.50. The summed E-state index contributed by atoms with van der Waals surface area (Å²) in [7, 11) is 0. The van der Waals surface area contributed by atoms with Crippen LogP contribution < -0.4 is 5.32 Å². The van der Waals surface area contributed by atoms with Crippen molar-refractivity contribution in [1.29, 1.82) is 0 Å². The van der Waals surface area contributed by atoms with Crippen molar-refractivity contribution in [2.24, 2.45) is 0 Å². The molecule has 3 heterocycles. The highest BCUT2D eigenvalue weighted by Crippen LogP contribution is 2.33. The molecule has 3 aliphatic heterocycles. The maximum atomic E-state index is 12.7. The van der Waals surface area contributed by atoms with Gasteiger partial charge in [0, 0.05) is 12.6 Å². The van der Waals surface area contributed by atoms with E-state index in [0.29, 0.717) is 18.0 Å². The van der Waals surface area contributed by atoms with Gasteiger partial charge in [-0.3, -0.25) is 15.0 Å². The zero-order chi connectivity index (χ0) is 14.1. The molecule has 4 heteroatoms. The topological polar surface area (TPSA) is 35.6 Å². The standard InChI is InChI=1S/C16H29N3O/c1-3-4-7-13-16(20)19(12(2)17-13)15-9-11-18-10-6-5-8-14(15)18/h12-15,17H,3-11H2,1-2H3. The Morgan fingerprint density at radius 2 is 2.05 bits per heavy atom. The fourth-order valence-corrected chi connectivity index (χ4v) is 4.42. The maximum Gasteiger partial charge on any atom is 0.241 e. The van der Waals surface area contributed by atoms with Crippen LogP contribution in [0.2, 0.25) is 0 Å². The van der Waals surface area contributed by atoms with Gasteiger partial charge < -0.3 is 4.90 Å². The fraction of sp³-hybridized carbons (Fsp3) is 0.938. The van der Waals surface area contributed by atoms with Gasteiger partial charge in [-0.05, 0) is 39.2 Å². The number of unbranched alkanes of at least 4 members (excludes halogenated alkanes) is 1. The number of hydrogen-bond acceptors (Lipinski definition) is 3. The second-order valence-corrected chi connectivity index (χ2v) is 6.74. The summed E-state index contributed by atoms with van der Waals surface area (Å²) in [5.74, 6) is 0.364. The van der Waals surface area contributed by atoms with Crippen molar-refractivity contribution in [2.45, 2.75) is 83.1 Å². The average molecular weight is 279 g/mol. The second-order valence-electron chi connectivity index (χ2n) is 6.74. The number of rotatable bonds is 4. The van der Waals surface area contributed by atoms with Gasteiger partial charge in [-0.2, -0.15) is 0 Å². The molecular formula is C16H29N3O. The third-order valence-electron chi connectivity index (χ3n) is 5.44. The Balaban J connectivity index is 1.68. The molecule has 0 aromatic rings. The first kappa shape index (κ1) is 14.3. The molecule has 0 saturated carbocycles. The van der Waals surface area contributed by atoms with Gasteiger partial charge in [0.1, 0.15) is 0 Å². The highest BCUT2D eigenvalue weighted by atomic mass is 16.2. The summed E-state index contributed by atoms with van der Waals surface area (Å²) >= 11 is 0. The highest BCUT2D eigenvalue weighted by molar-refractivity contribution is 5.84. The van der Waals surface area contributed by atoms with E-state index in [0.717, 1.165) is 12.8 Å². The van der Waals surface area contributed by atoms with Crippen LogP contribution in [0.25, 0.3) is 0 Å². The predicted octanol–water partition coefficient (Wildman–Crippen LogP) is 1.95. The number of fused-ring (bicyclic) bond motifs is 1. The predicted molar refractivity (Wildman–Crippen MR) is 80.4 cm³/mol. The number of piperidine rings is 1. The molecule has 3 fully saturated rings. The number of nitrogens with one attached hydrogen (secondary N) is 1. The Morgan fingerprint density at radius 3 is 2.85 bits per heavy atom. The van der Waals surface area contributed by atoms with E-state index in [9.17, 15) is 4.79 Å². The van der Waals surface area contributed by atoms with Crippen LogP contribution >= 0.6 is 0 Å². The summed E-state index contributed by atoms with van der Waals surface area (Å²) in [6, 6.07) is 1.15. The molecule has 0 spiro atoms. The van der Waals surface area contributed by atoms with Gasteiger partial charge in [-0.1, -0.05) is 26.2 Å². The summed E-state index contributed by atoms with van der Waals surface area (Å²) < 4.78 is 0. The molecule has 1 N–H and O–H groups in total. The molecule has 1 amide bonds. The lowest BCUT2D eigenvalue weighted by atomic mass is 9.97. The number of carbonyl (C=O) groups excluding carboxylic acids is 1. The van der Waals surface area contributed by atoms with Crippen molar-refractivity contribution in [2.75, 3.05) is 13.1 Å². The molecule has 20 heavy (non-hydrogen) atoms. The third kappa shape index (κ3) is 2.48. The molecule has 4 atom stereocenters. The van der Waals surface area contributed by atoms with Gasteiger partial charge >= 0.3 is 0 Å². The van der Waals surface area contributed by atoms with Gasteiger partial charge in [-0.25, -0.2) is 0 Å². The summed E-state index contributed by atoms with van der Waals surface area (Å²) in [6.07, 6.45) is 8.65. The van der Waals surface area contributed by atoms with Crippen LogP contribution in [0, 0.1) is 0 Å². The van der Waals surface area contributed by atoms with E-state index in [4.69, 9.17) is 0 Å². The van der Waals surface area contributed by atoms with Crippen molar-refractivity contribution in [1.82, 2.24) is 15.1 Å². The van der Waals surface area contributed by atoms with E-state index in [-0.39, 0.29) is 12.2 Å². The van der Waals surface area contributed by atoms with Crippen LogP contribution in [-0.4, -0.2) is 53.1 Å². The molecule has 4 nitrogen and oxygen atoms in total. The molecule has 3 rings (SSSR count). The van der Waals surface area contributed by atoms with Gasteiger partial charge in [0.2, 0.25) is 5.91 Å².